The number of hydrogen-bond acceptors (Lipinski definition) is 3. The van der Waals surface area contributed by atoms with Crippen molar-refractivity contribution in [2.75, 3.05) is 11.9 Å². The third-order valence-electron chi connectivity index (χ3n) is 2.70. The molecular formula is C12H19N3. The van der Waals surface area contributed by atoms with Crippen LogP contribution in [0.4, 0.5) is 5.82 Å². The van der Waals surface area contributed by atoms with Gasteiger partial charge in [0.2, 0.25) is 0 Å². The van der Waals surface area contributed by atoms with E-state index in [1.165, 1.54) is 18.4 Å². The topological polar surface area (TPSA) is 37.8 Å². The zero-order chi connectivity index (χ0) is 10.9. The second kappa shape index (κ2) is 3.80. The number of rotatable bonds is 0. The molecule has 2 rings (SSSR count). The highest BCUT2D eigenvalue weighted by Gasteiger charge is 2.19. The first-order valence-corrected chi connectivity index (χ1v) is 5.67. The fraction of sp³-hybridized carbons (Fsp3) is 0.667. The molecule has 0 atom stereocenters. The van der Waals surface area contributed by atoms with Crippen LogP contribution >= 0.6 is 0 Å². The molecule has 0 radical (unpaired) electrons. The lowest BCUT2D eigenvalue weighted by Crippen LogP contribution is -2.17. The van der Waals surface area contributed by atoms with E-state index in [1.54, 1.807) is 0 Å². The Morgan fingerprint density at radius 2 is 2.07 bits per heavy atom. The Morgan fingerprint density at radius 1 is 1.27 bits per heavy atom. The zero-order valence-corrected chi connectivity index (χ0v) is 9.80. The maximum atomic E-state index is 4.62. The highest BCUT2D eigenvalue weighted by Crippen LogP contribution is 2.23. The van der Waals surface area contributed by atoms with Gasteiger partial charge in [-0.2, -0.15) is 0 Å². The maximum absolute atomic E-state index is 4.62. The maximum Gasteiger partial charge on any atom is 0.135 e. The molecule has 3 nitrogen and oxygen atoms in total. The van der Waals surface area contributed by atoms with Gasteiger partial charge in [-0.25, -0.2) is 9.97 Å². The van der Waals surface area contributed by atoms with Gasteiger partial charge >= 0.3 is 0 Å². The Hall–Kier alpha value is -1.12. The van der Waals surface area contributed by atoms with Crippen molar-refractivity contribution in [3.05, 3.63) is 17.6 Å². The summed E-state index contributed by atoms with van der Waals surface area (Å²) in [6, 6.07) is 0. The van der Waals surface area contributed by atoms with Gasteiger partial charge in [0.25, 0.3) is 0 Å². The van der Waals surface area contributed by atoms with Crippen LogP contribution in [0.3, 0.4) is 0 Å². The van der Waals surface area contributed by atoms with Crippen LogP contribution in [0.15, 0.2) is 6.20 Å². The molecule has 0 spiro atoms. The van der Waals surface area contributed by atoms with Crippen molar-refractivity contribution >= 4 is 5.82 Å². The molecule has 1 aromatic heterocycles. The molecule has 0 unspecified atom stereocenters. The number of nitrogens with zero attached hydrogens (tertiary/aromatic N) is 2. The van der Waals surface area contributed by atoms with Crippen LogP contribution in [0.25, 0.3) is 0 Å². The Morgan fingerprint density at radius 3 is 2.80 bits per heavy atom. The van der Waals surface area contributed by atoms with E-state index in [9.17, 15) is 0 Å². The summed E-state index contributed by atoms with van der Waals surface area (Å²) in [7, 11) is 0. The van der Waals surface area contributed by atoms with Crippen LogP contribution in [0.1, 0.15) is 45.0 Å². The quantitative estimate of drug-likeness (QED) is 0.707. The van der Waals surface area contributed by atoms with Crippen molar-refractivity contribution in [2.45, 2.75) is 45.4 Å². The summed E-state index contributed by atoms with van der Waals surface area (Å²) in [4.78, 5) is 9.08. The molecule has 1 aromatic rings. The van der Waals surface area contributed by atoms with Crippen LogP contribution in [0.5, 0.6) is 0 Å². The predicted octanol–water partition coefficient (Wildman–Crippen LogP) is 2.52. The van der Waals surface area contributed by atoms with Crippen LogP contribution in [0.2, 0.25) is 0 Å². The SMILES string of the molecule is CC(C)(C)c1ncc2c(n1)NCCCC2. The molecule has 3 heteroatoms. The predicted molar refractivity (Wildman–Crippen MR) is 62.2 cm³/mol. The molecule has 82 valence electrons. The lowest BCUT2D eigenvalue weighted by atomic mass is 9.95. The normalized spacial score (nSPS) is 16.5. The number of aryl methyl sites for hydroxylation is 1. The van der Waals surface area contributed by atoms with Crippen molar-refractivity contribution in [3.63, 3.8) is 0 Å². The van der Waals surface area contributed by atoms with Gasteiger partial charge in [0, 0.05) is 23.7 Å². The average Bonchev–Trinajstić information content (AvgIpc) is 2.39. The van der Waals surface area contributed by atoms with Crippen LogP contribution in [-0.4, -0.2) is 16.5 Å². The van der Waals surface area contributed by atoms with E-state index in [0.29, 0.717) is 0 Å². The second-order valence-electron chi connectivity index (χ2n) is 5.20. The molecule has 2 heterocycles. The molecule has 15 heavy (non-hydrogen) atoms. The second-order valence-corrected chi connectivity index (χ2v) is 5.20. The third-order valence-corrected chi connectivity index (χ3v) is 2.70. The van der Waals surface area contributed by atoms with E-state index >= 15 is 0 Å². The third kappa shape index (κ3) is 2.28. The van der Waals surface area contributed by atoms with E-state index in [4.69, 9.17) is 0 Å². The smallest absolute Gasteiger partial charge is 0.135 e. The fourth-order valence-corrected chi connectivity index (χ4v) is 1.75. The summed E-state index contributed by atoms with van der Waals surface area (Å²) in [6.45, 7) is 7.47. The first kappa shape index (κ1) is 10.4. The molecular weight excluding hydrogens is 186 g/mol. The van der Waals surface area contributed by atoms with Crippen LogP contribution in [-0.2, 0) is 11.8 Å². The highest BCUT2D eigenvalue weighted by molar-refractivity contribution is 5.44. The molecule has 0 saturated heterocycles. The summed E-state index contributed by atoms with van der Waals surface area (Å²) >= 11 is 0. The molecule has 0 fully saturated rings. The zero-order valence-electron chi connectivity index (χ0n) is 9.80. The van der Waals surface area contributed by atoms with Gasteiger partial charge in [-0.15, -0.1) is 0 Å². The molecule has 0 amide bonds. The molecule has 1 N–H and O–H groups in total. The van der Waals surface area contributed by atoms with Crippen molar-refractivity contribution < 1.29 is 0 Å². The standard InChI is InChI=1S/C12H19N3/c1-12(2,3)11-14-8-9-6-4-5-7-13-10(9)15-11/h8H,4-7H2,1-3H3,(H,13,14,15). The fourth-order valence-electron chi connectivity index (χ4n) is 1.75. The van der Waals surface area contributed by atoms with E-state index < -0.39 is 0 Å². The summed E-state index contributed by atoms with van der Waals surface area (Å²) in [5.41, 5.74) is 1.30. The minimum atomic E-state index is 0.0308. The van der Waals surface area contributed by atoms with Gasteiger partial charge in [0.05, 0.1) is 0 Å². The van der Waals surface area contributed by atoms with Gasteiger partial charge in [0.1, 0.15) is 11.6 Å². The first-order chi connectivity index (χ1) is 7.07. The first-order valence-electron chi connectivity index (χ1n) is 5.67. The Balaban J connectivity index is 2.36. The molecule has 0 bridgehead atoms. The molecule has 1 aliphatic rings. The number of nitrogens with one attached hydrogen (secondary N) is 1. The van der Waals surface area contributed by atoms with Crippen molar-refractivity contribution in [3.8, 4) is 0 Å². The lowest BCUT2D eigenvalue weighted by molar-refractivity contribution is 0.545. The van der Waals surface area contributed by atoms with Crippen LogP contribution in [0, 0.1) is 0 Å². The summed E-state index contributed by atoms with van der Waals surface area (Å²) in [5, 5.41) is 3.39. The van der Waals surface area contributed by atoms with Crippen molar-refractivity contribution in [1.82, 2.24) is 9.97 Å². The molecule has 0 saturated carbocycles. The summed E-state index contributed by atoms with van der Waals surface area (Å²) in [6.07, 6.45) is 5.55. The Labute approximate surface area is 91.3 Å². The molecule has 1 aliphatic heterocycles. The Kier molecular flexibility index (Phi) is 2.63. The largest absolute Gasteiger partial charge is 0.370 e. The Bertz CT molecular complexity index is 352. The highest BCUT2D eigenvalue weighted by atomic mass is 15.0. The number of anilines is 1. The van der Waals surface area contributed by atoms with E-state index in [-0.39, 0.29) is 5.41 Å². The molecule has 0 aromatic carbocycles. The number of hydrogen-bond donors (Lipinski definition) is 1. The lowest BCUT2D eigenvalue weighted by Gasteiger charge is -2.18. The van der Waals surface area contributed by atoms with Gasteiger partial charge in [-0.05, 0) is 19.3 Å². The number of aromatic nitrogens is 2. The molecule has 0 aliphatic carbocycles. The summed E-state index contributed by atoms with van der Waals surface area (Å²) < 4.78 is 0. The van der Waals surface area contributed by atoms with E-state index in [1.807, 2.05) is 6.20 Å². The van der Waals surface area contributed by atoms with Gasteiger partial charge in [-0.3, -0.25) is 0 Å². The van der Waals surface area contributed by atoms with Gasteiger partial charge in [-0.1, -0.05) is 20.8 Å². The minimum Gasteiger partial charge on any atom is -0.370 e. The monoisotopic (exact) mass is 205 g/mol. The van der Waals surface area contributed by atoms with E-state index in [2.05, 4.69) is 36.1 Å². The van der Waals surface area contributed by atoms with Gasteiger partial charge in [0.15, 0.2) is 0 Å². The van der Waals surface area contributed by atoms with E-state index in [0.717, 1.165) is 24.6 Å². The summed E-state index contributed by atoms with van der Waals surface area (Å²) in [5.74, 6) is 1.98. The average molecular weight is 205 g/mol. The minimum absolute atomic E-state index is 0.0308. The van der Waals surface area contributed by atoms with Crippen molar-refractivity contribution in [2.24, 2.45) is 0 Å². The van der Waals surface area contributed by atoms with Crippen LogP contribution < -0.4 is 5.32 Å². The number of fused-ring (bicyclic) bond motifs is 1. The van der Waals surface area contributed by atoms with Gasteiger partial charge < -0.3 is 5.32 Å². The van der Waals surface area contributed by atoms with Crippen molar-refractivity contribution in [1.29, 1.82) is 0 Å².